The lowest BCUT2D eigenvalue weighted by Crippen LogP contribution is -2.39. The summed E-state index contributed by atoms with van der Waals surface area (Å²) in [4.78, 5) is 62.9. The average Bonchev–Trinajstić information content (AvgIpc) is 3.43. The van der Waals surface area contributed by atoms with Crippen molar-refractivity contribution in [1.29, 1.82) is 0 Å². The minimum Gasteiger partial charge on any atom is -0.387 e. The van der Waals surface area contributed by atoms with Crippen LogP contribution in [-0.2, 0) is 38.0 Å². The molecule has 0 aliphatic carbocycles. The summed E-state index contributed by atoms with van der Waals surface area (Å²) in [6.07, 6.45) is -4.51. The van der Waals surface area contributed by atoms with E-state index in [9.17, 15) is 43.3 Å². The van der Waals surface area contributed by atoms with Crippen molar-refractivity contribution in [2.45, 2.75) is 31.0 Å². The molecule has 1 aliphatic rings. The first-order valence-electron chi connectivity index (χ1n) is 11.1. The Morgan fingerprint density at radius 3 is 2.29 bits per heavy atom. The fraction of sp³-hybridized carbons (Fsp3) is 0.333. The van der Waals surface area contributed by atoms with Crippen LogP contribution in [0.5, 0.6) is 0 Å². The zero-order valence-corrected chi connectivity index (χ0v) is 22.9. The van der Waals surface area contributed by atoms with Gasteiger partial charge in [-0.25, -0.2) is 23.2 Å². The fourth-order valence-electron chi connectivity index (χ4n) is 3.69. The number of phosphoric acid groups is 3. The van der Waals surface area contributed by atoms with E-state index in [1.165, 1.54) is 4.68 Å². The number of nitrogens with zero attached hydrogens (tertiary/aromatic N) is 4. The van der Waals surface area contributed by atoms with Crippen molar-refractivity contribution >= 4 is 23.5 Å². The van der Waals surface area contributed by atoms with Crippen LogP contribution in [-0.4, -0.2) is 79.3 Å². The molecule has 1 saturated heterocycles. The van der Waals surface area contributed by atoms with Crippen LogP contribution >= 0.6 is 23.5 Å². The van der Waals surface area contributed by atoms with E-state index in [0.717, 1.165) is 10.8 Å². The van der Waals surface area contributed by atoms with E-state index in [2.05, 4.69) is 23.5 Å². The van der Waals surface area contributed by atoms with E-state index in [0.29, 0.717) is 11.4 Å². The number of benzene rings is 1. The topological polar surface area (TPSA) is 295 Å². The molecule has 1 aromatic carbocycles. The molecule has 4 rings (SSSR count). The van der Waals surface area contributed by atoms with Crippen LogP contribution in [0.4, 0.5) is 0 Å². The first-order chi connectivity index (χ1) is 19.0. The summed E-state index contributed by atoms with van der Waals surface area (Å²) in [5, 5.41) is 28.8. The molecule has 7 N–H and O–H groups in total. The molecule has 1 aliphatic heterocycles. The van der Waals surface area contributed by atoms with Gasteiger partial charge in [-0.2, -0.15) is 8.62 Å². The molecule has 2 aromatic heterocycles. The largest absolute Gasteiger partial charge is 0.490 e. The van der Waals surface area contributed by atoms with Gasteiger partial charge < -0.3 is 34.5 Å². The second kappa shape index (κ2) is 11.9. The number of ether oxygens (including phenoxy) is 1. The Balaban J connectivity index is 1.47. The predicted octanol–water partition coefficient (Wildman–Crippen LogP) is -1.33. The lowest BCUT2D eigenvalue weighted by Gasteiger charge is -2.19. The molecule has 0 amide bonds. The number of hydrogen-bond acceptors (Lipinski definition) is 13. The van der Waals surface area contributed by atoms with Crippen molar-refractivity contribution in [3.05, 3.63) is 74.8 Å². The van der Waals surface area contributed by atoms with Crippen LogP contribution < -0.4 is 11.2 Å². The highest BCUT2D eigenvalue weighted by Crippen LogP contribution is 2.66. The van der Waals surface area contributed by atoms with E-state index < -0.39 is 65.9 Å². The van der Waals surface area contributed by atoms with Crippen molar-refractivity contribution in [2.24, 2.45) is 0 Å². The van der Waals surface area contributed by atoms with Crippen LogP contribution in [0.2, 0.25) is 0 Å². The van der Waals surface area contributed by atoms with Crippen LogP contribution in [0.15, 0.2) is 52.3 Å². The molecule has 6 atom stereocenters. The van der Waals surface area contributed by atoms with Gasteiger partial charge in [0.15, 0.2) is 6.23 Å². The maximum absolute atomic E-state index is 12.5. The number of H-pyrrole nitrogens is 1. The van der Waals surface area contributed by atoms with Gasteiger partial charge in [0, 0.05) is 18.2 Å². The number of aromatic nitrogens is 5. The zero-order chi connectivity index (χ0) is 30.2. The molecule has 1 fully saturated rings. The summed E-state index contributed by atoms with van der Waals surface area (Å²) < 4.78 is 53.3. The maximum Gasteiger partial charge on any atom is 0.490 e. The number of rotatable bonds is 11. The Labute approximate surface area is 227 Å². The Hall–Kier alpha value is -2.67. The molecule has 0 saturated carbocycles. The smallest absolute Gasteiger partial charge is 0.387 e. The first-order valence-corrected chi connectivity index (χ1v) is 15.7. The Morgan fingerprint density at radius 1 is 0.951 bits per heavy atom. The van der Waals surface area contributed by atoms with Crippen molar-refractivity contribution in [2.75, 3.05) is 6.61 Å². The summed E-state index contributed by atoms with van der Waals surface area (Å²) in [5.74, 6) is 0. The number of para-hydroxylation sites is 1. The molecule has 0 radical (unpaired) electrons. The van der Waals surface area contributed by atoms with Gasteiger partial charge in [-0.1, -0.05) is 23.4 Å². The van der Waals surface area contributed by atoms with Gasteiger partial charge in [0.05, 0.1) is 24.2 Å². The lowest BCUT2D eigenvalue weighted by molar-refractivity contribution is -0.0543. The normalized spacial score (nSPS) is 24.1. The molecular formula is C18H22N5O15P3. The Morgan fingerprint density at radius 2 is 1.63 bits per heavy atom. The highest BCUT2D eigenvalue weighted by Gasteiger charge is 2.47. The molecule has 3 aromatic rings. The maximum atomic E-state index is 12.5. The van der Waals surface area contributed by atoms with Gasteiger partial charge in [0.2, 0.25) is 0 Å². The SMILES string of the molecule is O=c1[nH]c(=O)n([C@@H]2O[C@H](COP(=O)(O)OP(=O)(O)OP(=O)(O)O)C(O)[C@@H]2O)cc1Cc1cn(-c2ccccc2)nn1. The van der Waals surface area contributed by atoms with Crippen molar-refractivity contribution in [3.8, 4) is 5.69 Å². The predicted molar refractivity (Wildman–Crippen MR) is 131 cm³/mol. The molecule has 20 nitrogen and oxygen atoms in total. The number of aliphatic hydroxyl groups excluding tert-OH is 2. The third-order valence-corrected chi connectivity index (χ3v) is 9.21. The molecule has 3 unspecified atom stereocenters. The van der Waals surface area contributed by atoms with Gasteiger partial charge in [0.1, 0.15) is 18.3 Å². The zero-order valence-electron chi connectivity index (χ0n) is 20.3. The molecule has 224 valence electrons. The van der Waals surface area contributed by atoms with Gasteiger partial charge >= 0.3 is 29.2 Å². The summed E-state index contributed by atoms with van der Waals surface area (Å²) in [6.45, 7) is -1.09. The van der Waals surface area contributed by atoms with Crippen LogP contribution in [0.25, 0.3) is 5.69 Å². The minimum atomic E-state index is -5.79. The molecule has 23 heteroatoms. The number of phosphoric ester groups is 1. The van der Waals surface area contributed by atoms with Crippen molar-refractivity contribution < 1.29 is 61.4 Å². The second-order valence-corrected chi connectivity index (χ2v) is 12.8. The minimum absolute atomic E-state index is 0.00767. The monoisotopic (exact) mass is 641 g/mol. The number of nitrogens with one attached hydrogen (secondary N) is 1. The van der Waals surface area contributed by atoms with Gasteiger partial charge in [0.25, 0.3) is 5.56 Å². The molecule has 0 spiro atoms. The Kier molecular flexibility index (Phi) is 9.08. The molecule has 3 heterocycles. The quantitative estimate of drug-likeness (QED) is 0.119. The van der Waals surface area contributed by atoms with Gasteiger partial charge in [-0.3, -0.25) is 18.9 Å². The van der Waals surface area contributed by atoms with E-state index in [4.69, 9.17) is 14.5 Å². The van der Waals surface area contributed by atoms with Crippen LogP contribution in [0.3, 0.4) is 0 Å². The third-order valence-electron chi connectivity index (χ3n) is 5.40. The van der Waals surface area contributed by atoms with E-state index in [-0.39, 0.29) is 12.0 Å². The highest BCUT2D eigenvalue weighted by molar-refractivity contribution is 7.66. The van der Waals surface area contributed by atoms with Crippen molar-refractivity contribution in [3.63, 3.8) is 0 Å². The van der Waals surface area contributed by atoms with Crippen LogP contribution in [0.1, 0.15) is 17.5 Å². The molecular weight excluding hydrogens is 619 g/mol. The summed E-state index contributed by atoms with van der Waals surface area (Å²) in [5.41, 5.74) is -0.795. The number of aliphatic hydroxyl groups is 2. The standard InChI is InChI=1S/C18H22N5O15P3/c24-14-13(9-35-40(31,32)38-41(33,34)37-39(28,29)30)36-17(15(14)25)22-7-10(16(26)19-18(22)27)6-11-8-23(21-20-11)12-4-2-1-3-5-12/h1-5,7-8,13-15,17,24-25H,6,9H2,(H,31,32)(H,33,34)(H,19,26,27)(H2,28,29,30)/t13-,14?,15+,17-/m1/s1. The lowest BCUT2D eigenvalue weighted by atomic mass is 10.1. The molecule has 41 heavy (non-hydrogen) atoms. The number of aromatic amines is 1. The second-order valence-electron chi connectivity index (χ2n) is 8.42. The molecule has 0 bridgehead atoms. The average molecular weight is 641 g/mol. The summed E-state index contributed by atoms with van der Waals surface area (Å²) in [7, 11) is -17.0. The fourth-order valence-corrected chi connectivity index (χ4v) is 6.72. The van der Waals surface area contributed by atoms with Crippen molar-refractivity contribution in [1.82, 2.24) is 24.5 Å². The van der Waals surface area contributed by atoms with Gasteiger partial charge in [-0.05, 0) is 12.1 Å². The van der Waals surface area contributed by atoms with Gasteiger partial charge in [-0.15, -0.1) is 5.10 Å². The van der Waals surface area contributed by atoms with E-state index in [1.54, 1.807) is 30.5 Å². The Bertz CT molecular complexity index is 1650. The van der Waals surface area contributed by atoms with E-state index in [1.807, 2.05) is 11.1 Å². The summed E-state index contributed by atoms with van der Waals surface area (Å²) >= 11 is 0. The van der Waals surface area contributed by atoms with Crippen LogP contribution in [0, 0.1) is 0 Å². The summed E-state index contributed by atoms with van der Waals surface area (Å²) in [6, 6.07) is 8.93. The first kappa shape index (κ1) is 31.3. The van der Waals surface area contributed by atoms with E-state index >= 15 is 0 Å². The number of hydrogen-bond donors (Lipinski definition) is 7. The third kappa shape index (κ3) is 8.00. The highest BCUT2D eigenvalue weighted by atomic mass is 31.3.